The average molecular weight is 311 g/mol. The topological polar surface area (TPSA) is 49.3 Å². The molecule has 2 N–H and O–H groups in total. The fourth-order valence-electron chi connectivity index (χ4n) is 3.11. The third-order valence-corrected chi connectivity index (χ3v) is 6.56. The number of fused-ring (bicyclic) bond motifs is 1. The van der Waals surface area contributed by atoms with Gasteiger partial charge in [-0.05, 0) is 36.6 Å². The third-order valence-electron chi connectivity index (χ3n) is 4.31. The predicted octanol–water partition coefficient (Wildman–Crippen LogP) is 2.82. The van der Waals surface area contributed by atoms with E-state index in [0.717, 1.165) is 36.3 Å². The monoisotopic (exact) mass is 311 g/mol. The van der Waals surface area contributed by atoms with Crippen molar-refractivity contribution in [1.82, 2.24) is 5.32 Å². The van der Waals surface area contributed by atoms with E-state index in [-0.39, 0.29) is 24.5 Å². The summed E-state index contributed by atoms with van der Waals surface area (Å²) in [6, 6.07) is 2.22. The minimum atomic E-state index is 0.0553. The van der Waals surface area contributed by atoms with Crippen LogP contribution in [0.1, 0.15) is 45.8 Å². The predicted molar refractivity (Wildman–Crippen MR) is 84.5 cm³/mol. The molecule has 0 bridgehead atoms. The van der Waals surface area contributed by atoms with Gasteiger partial charge in [0.05, 0.1) is 4.88 Å². The highest BCUT2D eigenvalue weighted by atomic mass is 32.2. The molecule has 20 heavy (non-hydrogen) atoms. The molecule has 1 fully saturated rings. The van der Waals surface area contributed by atoms with Crippen LogP contribution < -0.4 is 5.32 Å². The van der Waals surface area contributed by atoms with Gasteiger partial charge < -0.3 is 10.4 Å². The summed E-state index contributed by atoms with van der Waals surface area (Å²) in [6.07, 6.45) is 5.44. The maximum absolute atomic E-state index is 12.4. The fourth-order valence-corrected chi connectivity index (χ4v) is 5.39. The summed E-state index contributed by atoms with van der Waals surface area (Å²) in [4.78, 5) is 14.6. The van der Waals surface area contributed by atoms with E-state index >= 15 is 0 Å². The van der Waals surface area contributed by atoms with E-state index in [1.165, 1.54) is 22.6 Å². The first-order chi connectivity index (χ1) is 9.78. The van der Waals surface area contributed by atoms with Crippen LogP contribution in [0.5, 0.6) is 0 Å². The number of aryl methyl sites for hydroxylation is 1. The number of thiophene rings is 1. The molecular formula is C15H21NO2S2. The molecule has 1 aromatic rings. The first-order valence-corrected chi connectivity index (χ1v) is 9.36. The second-order valence-electron chi connectivity index (χ2n) is 5.67. The van der Waals surface area contributed by atoms with Gasteiger partial charge in [-0.3, -0.25) is 4.79 Å². The number of aliphatic hydroxyl groups is 1. The molecule has 2 atom stereocenters. The summed E-state index contributed by atoms with van der Waals surface area (Å²) in [6.45, 7) is 0.183. The standard InChI is InChI=1S/C15H21NO2S2/c17-8-10-3-1-2-4-12(10)16-15(18)14-7-11-9-19-6-5-13(11)20-14/h7,10,12,17H,1-6,8-9H2,(H,16,18). The van der Waals surface area contributed by atoms with Crippen molar-refractivity contribution in [2.24, 2.45) is 5.92 Å². The molecule has 1 saturated carbocycles. The Morgan fingerprint density at radius 2 is 2.25 bits per heavy atom. The molecule has 0 aromatic carbocycles. The van der Waals surface area contributed by atoms with Crippen molar-refractivity contribution in [1.29, 1.82) is 0 Å². The Morgan fingerprint density at radius 3 is 3.05 bits per heavy atom. The van der Waals surface area contributed by atoms with Crippen LogP contribution in [-0.2, 0) is 12.2 Å². The van der Waals surface area contributed by atoms with E-state index in [0.29, 0.717) is 0 Å². The lowest BCUT2D eigenvalue weighted by molar-refractivity contribution is 0.0876. The molecule has 1 aliphatic heterocycles. The molecule has 110 valence electrons. The van der Waals surface area contributed by atoms with E-state index in [4.69, 9.17) is 0 Å². The second-order valence-corrected chi connectivity index (χ2v) is 7.91. The van der Waals surface area contributed by atoms with Gasteiger partial charge >= 0.3 is 0 Å². The molecule has 0 saturated heterocycles. The summed E-state index contributed by atoms with van der Waals surface area (Å²) < 4.78 is 0. The molecule has 3 nitrogen and oxygen atoms in total. The van der Waals surface area contributed by atoms with Gasteiger partial charge in [0.2, 0.25) is 0 Å². The van der Waals surface area contributed by atoms with Crippen LogP contribution in [0, 0.1) is 5.92 Å². The van der Waals surface area contributed by atoms with Gasteiger partial charge in [-0.15, -0.1) is 11.3 Å². The van der Waals surface area contributed by atoms with E-state index in [1.807, 2.05) is 11.8 Å². The van der Waals surface area contributed by atoms with Crippen molar-refractivity contribution in [3.05, 3.63) is 21.4 Å². The highest BCUT2D eigenvalue weighted by molar-refractivity contribution is 7.98. The number of amides is 1. The Labute approximate surface area is 128 Å². The van der Waals surface area contributed by atoms with Crippen LogP contribution in [0.3, 0.4) is 0 Å². The molecule has 3 rings (SSSR count). The van der Waals surface area contributed by atoms with Crippen LogP contribution in [0.15, 0.2) is 6.07 Å². The van der Waals surface area contributed by atoms with E-state index in [2.05, 4.69) is 11.4 Å². The summed E-state index contributed by atoms with van der Waals surface area (Å²) in [5.41, 5.74) is 1.35. The molecule has 1 aliphatic carbocycles. The Bertz CT molecular complexity index is 463. The van der Waals surface area contributed by atoms with Crippen molar-refractivity contribution < 1.29 is 9.90 Å². The molecule has 1 amide bonds. The normalized spacial score (nSPS) is 26.1. The van der Waals surface area contributed by atoms with Gasteiger partial charge in [0, 0.05) is 29.2 Å². The van der Waals surface area contributed by atoms with Crippen LogP contribution in [0.25, 0.3) is 0 Å². The molecule has 5 heteroatoms. The summed E-state index contributed by atoms with van der Waals surface area (Å²) in [5.74, 6) is 2.50. The first-order valence-electron chi connectivity index (χ1n) is 7.39. The quantitative estimate of drug-likeness (QED) is 0.902. The fraction of sp³-hybridized carbons (Fsp3) is 0.667. The van der Waals surface area contributed by atoms with Crippen LogP contribution >= 0.6 is 23.1 Å². The van der Waals surface area contributed by atoms with Crippen molar-refractivity contribution in [3.8, 4) is 0 Å². The number of aliphatic hydroxyl groups excluding tert-OH is 1. The van der Waals surface area contributed by atoms with Gasteiger partial charge in [-0.2, -0.15) is 11.8 Å². The Kier molecular flexibility index (Phi) is 4.68. The summed E-state index contributed by atoms with van der Waals surface area (Å²) in [7, 11) is 0. The molecule has 2 aliphatic rings. The molecule has 0 radical (unpaired) electrons. The molecular weight excluding hydrogens is 290 g/mol. The number of nitrogens with one attached hydrogen (secondary N) is 1. The zero-order chi connectivity index (χ0) is 13.9. The lowest BCUT2D eigenvalue weighted by Crippen LogP contribution is -2.43. The second kappa shape index (κ2) is 6.50. The maximum atomic E-state index is 12.4. The Balaban J connectivity index is 1.67. The Morgan fingerprint density at radius 1 is 1.40 bits per heavy atom. The van der Waals surface area contributed by atoms with Crippen molar-refractivity contribution in [3.63, 3.8) is 0 Å². The third kappa shape index (κ3) is 3.05. The van der Waals surface area contributed by atoms with E-state index in [9.17, 15) is 9.90 Å². The minimum absolute atomic E-state index is 0.0553. The number of carbonyl (C=O) groups excluding carboxylic acids is 1. The smallest absolute Gasteiger partial charge is 0.261 e. The number of rotatable bonds is 3. The van der Waals surface area contributed by atoms with Gasteiger partial charge in [0.1, 0.15) is 0 Å². The summed E-state index contributed by atoms with van der Waals surface area (Å²) >= 11 is 3.60. The zero-order valence-corrected chi connectivity index (χ0v) is 13.2. The number of hydrogen-bond donors (Lipinski definition) is 2. The number of thioether (sulfide) groups is 1. The summed E-state index contributed by atoms with van der Waals surface area (Å²) in [5, 5.41) is 12.6. The lowest BCUT2D eigenvalue weighted by Gasteiger charge is -2.30. The molecule has 2 unspecified atom stereocenters. The number of hydrogen-bond acceptors (Lipinski definition) is 4. The van der Waals surface area contributed by atoms with Crippen molar-refractivity contribution >= 4 is 29.0 Å². The van der Waals surface area contributed by atoms with Gasteiger partial charge in [-0.25, -0.2) is 0 Å². The highest BCUT2D eigenvalue weighted by Gasteiger charge is 2.27. The number of carbonyl (C=O) groups is 1. The Hall–Kier alpha value is -0.520. The first kappa shape index (κ1) is 14.4. The van der Waals surface area contributed by atoms with E-state index in [1.54, 1.807) is 11.3 Å². The average Bonchev–Trinajstić information content (AvgIpc) is 2.92. The van der Waals surface area contributed by atoms with Gasteiger partial charge in [-0.1, -0.05) is 12.8 Å². The highest BCUT2D eigenvalue weighted by Crippen LogP contribution is 2.32. The zero-order valence-electron chi connectivity index (χ0n) is 11.6. The van der Waals surface area contributed by atoms with E-state index < -0.39 is 0 Å². The molecule has 1 aromatic heterocycles. The van der Waals surface area contributed by atoms with Crippen molar-refractivity contribution in [2.75, 3.05) is 12.4 Å². The minimum Gasteiger partial charge on any atom is -0.396 e. The van der Waals surface area contributed by atoms with Gasteiger partial charge in [0.25, 0.3) is 5.91 Å². The molecule has 0 spiro atoms. The maximum Gasteiger partial charge on any atom is 0.261 e. The van der Waals surface area contributed by atoms with Crippen LogP contribution in [0.4, 0.5) is 0 Å². The largest absolute Gasteiger partial charge is 0.396 e. The van der Waals surface area contributed by atoms with Crippen LogP contribution in [0.2, 0.25) is 0 Å². The van der Waals surface area contributed by atoms with Crippen molar-refractivity contribution in [2.45, 2.75) is 43.9 Å². The van der Waals surface area contributed by atoms with Gasteiger partial charge in [0.15, 0.2) is 0 Å². The lowest BCUT2D eigenvalue weighted by atomic mass is 9.85. The van der Waals surface area contributed by atoms with Crippen LogP contribution in [-0.4, -0.2) is 29.4 Å². The molecule has 2 heterocycles. The SMILES string of the molecule is O=C(NC1CCCCC1CO)c1cc2c(s1)CCSC2.